The molecule has 0 aromatic heterocycles. The van der Waals surface area contributed by atoms with E-state index in [4.69, 9.17) is 0 Å². The zero-order chi connectivity index (χ0) is 16.5. The number of nitrogens with one attached hydrogen (secondary N) is 1. The molecule has 3 unspecified atom stereocenters. The lowest BCUT2D eigenvalue weighted by Gasteiger charge is -2.38. The van der Waals surface area contributed by atoms with Crippen LogP contribution in [0.5, 0.6) is 0 Å². The van der Waals surface area contributed by atoms with E-state index in [1.807, 2.05) is 6.92 Å². The lowest BCUT2D eigenvalue weighted by atomic mass is 9.84. The minimum Gasteiger partial charge on any atom is -0.337 e. The molecule has 2 aliphatic rings. The van der Waals surface area contributed by atoms with Crippen LogP contribution in [0.25, 0.3) is 0 Å². The van der Waals surface area contributed by atoms with Gasteiger partial charge < -0.3 is 10.2 Å². The summed E-state index contributed by atoms with van der Waals surface area (Å²) in [5.74, 6) is -0.895. The van der Waals surface area contributed by atoms with Gasteiger partial charge in [-0.3, -0.25) is 4.79 Å². The van der Waals surface area contributed by atoms with Gasteiger partial charge in [0.1, 0.15) is 0 Å². The minimum absolute atomic E-state index is 0. The molecule has 0 spiro atoms. The molecule has 0 aromatic carbocycles. The molecule has 7 heteroatoms. The van der Waals surface area contributed by atoms with Crippen molar-refractivity contribution in [3.8, 4) is 0 Å². The summed E-state index contributed by atoms with van der Waals surface area (Å²) in [5, 5.41) is 3.33. The number of amides is 1. The van der Waals surface area contributed by atoms with E-state index < -0.39 is 17.6 Å². The van der Waals surface area contributed by atoms with Crippen molar-refractivity contribution >= 4 is 18.3 Å². The standard InChI is InChI=1S/C16H27F3N2O.ClH/c1-11(12-5-4-7-20-10-12)9-14(22)21-8-6-13(15(21,2)3)16(17,18)19;/h11-13,20H,4-10H2,1-3H3;1H. The SMILES string of the molecule is CC(CC(=O)N1CCC(C(F)(F)F)C1(C)C)C1CCCNC1.Cl. The topological polar surface area (TPSA) is 32.3 Å². The van der Waals surface area contributed by atoms with Crippen molar-refractivity contribution in [1.29, 1.82) is 0 Å². The van der Waals surface area contributed by atoms with Crippen molar-refractivity contribution < 1.29 is 18.0 Å². The zero-order valence-electron chi connectivity index (χ0n) is 14.1. The molecule has 136 valence electrons. The third-order valence-electron chi connectivity index (χ3n) is 5.52. The predicted octanol–water partition coefficient (Wildman–Crippen LogP) is 3.62. The Morgan fingerprint density at radius 3 is 2.48 bits per heavy atom. The molecule has 0 saturated carbocycles. The van der Waals surface area contributed by atoms with Crippen LogP contribution in [0.15, 0.2) is 0 Å². The summed E-state index contributed by atoms with van der Waals surface area (Å²) in [6, 6.07) is 0. The third kappa shape index (κ3) is 4.53. The largest absolute Gasteiger partial charge is 0.394 e. The van der Waals surface area contributed by atoms with E-state index in [1.54, 1.807) is 13.8 Å². The fraction of sp³-hybridized carbons (Fsp3) is 0.938. The first-order chi connectivity index (χ1) is 10.1. The maximum atomic E-state index is 13.1. The Morgan fingerprint density at radius 2 is 2.00 bits per heavy atom. The summed E-state index contributed by atoms with van der Waals surface area (Å²) in [7, 11) is 0. The van der Waals surface area contributed by atoms with Crippen LogP contribution >= 0.6 is 12.4 Å². The van der Waals surface area contributed by atoms with Gasteiger partial charge in [0.15, 0.2) is 0 Å². The molecule has 2 fully saturated rings. The van der Waals surface area contributed by atoms with Gasteiger partial charge in [-0.2, -0.15) is 13.2 Å². The molecule has 1 N–H and O–H groups in total. The molecule has 3 nitrogen and oxygen atoms in total. The van der Waals surface area contributed by atoms with Crippen LogP contribution in [0.2, 0.25) is 0 Å². The summed E-state index contributed by atoms with van der Waals surface area (Å²) in [6.45, 7) is 7.27. The molecule has 0 bridgehead atoms. The van der Waals surface area contributed by atoms with E-state index >= 15 is 0 Å². The van der Waals surface area contributed by atoms with Crippen molar-refractivity contribution in [3.63, 3.8) is 0 Å². The van der Waals surface area contributed by atoms with Gasteiger partial charge in [0, 0.05) is 18.5 Å². The number of carbonyl (C=O) groups is 1. The Kier molecular flexibility index (Phi) is 6.79. The number of hydrogen-bond donors (Lipinski definition) is 1. The maximum absolute atomic E-state index is 13.1. The van der Waals surface area contributed by atoms with E-state index in [1.165, 1.54) is 4.90 Å². The molecule has 0 aliphatic carbocycles. The van der Waals surface area contributed by atoms with E-state index in [-0.39, 0.29) is 37.2 Å². The van der Waals surface area contributed by atoms with Crippen LogP contribution in [0.1, 0.15) is 46.5 Å². The lowest BCUT2D eigenvalue weighted by molar-refractivity contribution is -0.192. The molecular formula is C16H28ClF3N2O. The van der Waals surface area contributed by atoms with Crippen LogP contribution < -0.4 is 5.32 Å². The molecule has 0 aromatic rings. The van der Waals surface area contributed by atoms with Crippen LogP contribution in [-0.2, 0) is 4.79 Å². The Balaban J connectivity index is 0.00000264. The number of alkyl halides is 3. The highest BCUT2D eigenvalue weighted by Gasteiger charge is 2.56. The number of nitrogens with zero attached hydrogens (tertiary/aromatic N) is 1. The van der Waals surface area contributed by atoms with Crippen molar-refractivity contribution in [2.75, 3.05) is 19.6 Å². The van der Waals surface area contributed by atoms with Crippen LogP contribution in [0.3, 0.4) is 0 Å². The smallest absolute Gasteiger partial charge is 0.337 e. The number of carbonyl (C=O) groups excluding carboxylic acids is 1. The Labute approximate surface area is 142 Å². The highest BCUT2D eigenvalue weighted by molar-refractivity contribution is 5.85. The van der Waals surface area contributed by atoms with Crippen molar-refractivity contribution in [2.45, 2.75) is 58.2 Å². The number of rotatable bonds is 3. The second-order valence-corrected chi connectivity index (χ2v) is 7.37. The first-order valence-corrected chi connectivity index (χ1v) is 8.22. The normalized spacial score (nSPS) is 29.0. The Hall–Kier alpha value is -0.490. The number of hydrogen-bond acceptors (Lipinski definition) is 2. The van der Waals surface area contributed by atoms with Gasteiger partial charge in [-0.25, -0.2) is 0 Å². The average molecular weight is 357 g/mol. The van der Waals surface area contributed by atoms with Gasteiger partial charge in [0.25, 0.3) is 0 Å². The van der Waals surface area contributed by atoms with Gasteiger partial charge in [-0.05, 0) is 58.0 Å². The molecule has 0 radical (unpaired) electrons. The van der Waals surface area contributed by atoms with E-state index in [9.17, 15) is 18.0 Å². The summed E-state index contributed by atoms with van der Waals surface area (Å²) in [5.41, 5.74) is -1.14. The van der Waals surface area contributed by atoms with Crippen LogP contribution in [0.4, 0.5) is 13.2 Å². The van der Waals surface area contributed by atoms with Crippen molar-refractivity contribution in [3.05, 3.63) is 0 Å². The van der Waals surface area contributed by atoms with Gasteiger partial charge in [-0.15, -0.1) is 12.4 Å². The third-order valence-corrected chi connectivity index (χ3v) is 5.52. The molecule has 23 heavy (non-hydrogen) atoms. The zero-order valence-corrected chi connectivity index (χ0v) is 14.9. The highest BCUT2D eigenvalue weighted by Crippen LogP contribution is 2.45. The van der Waals surface area contributed by atoms with Gasteiger partial charge in [-0.1, -0.05) is 6.92 Å². The molecular weight excluding hydrogens is 329 g/mol. The fourth-order valence-electron chi connectivity index (χ4n) is 4.01. The van der Waals surface area contributed by atoms with Crippen molar-refractivity contribution in [2.24, 2.45) is 17.8 Å². The number of likely N-dealkylation sites (tertiary alicyclic amines) is 1. The summed E-state index contributed by atoms with van der Waals surface area (Å²) >= 11 is 0. The summed E-state index contributed by atoms with van der Waals surface area (Å²) < 4.78 is 39.3. The minimum atomic E-state index is -4.24. The molecule has 3 atom stereocenters. The quantitative estimate of drug-likeness (QED) is 0.837. The maximum Gasteiger partial charge on any atom is 0.394 e. The fourth-order valence-corrected chi connectivity index (χ4v) is 4.01. The van der Waals surface area contributed by atoms with E-state index in [0.29, 0.717) is 12.3 Å². The molecule has 2 heterocycles. The second-order valence-electron chi connectivity index (χ2n) is 7.37. The molecule has 2 saturated heterocycles. The summed E-state index contributed by atoms with van der Waals surface area (Å²) in [6.07, 6.45) is -1.68. The number of piperidine rings is 1. The Bertz CT molecular complexity index is 409. The molecule has 2 rings (SSSR count). The van der Waals surface area contributed by atoms with E-state index in [2.05, 4.69) is 5.32 Å². The van der Waals surface area contributed by atoms with E-state index in [0.717, 1.165) is 25.9 Å². The van der Waals surface area contributed by atoms with Crippen LogP contribution in [0, 0.1) is 17.8 Å². The Morgan fingerprint density at radius 1 is 1.35 bits per heavy atom. The first kappa shape index (κ1) is 20.6. The summed E-state index contributed by atoms with van der Waals surface area (Å²) in [4.78, 5) is 14.0. The van der Waals surface area contributed by atoms with Crippen LogP contribution in [-0.4, -0.2) is 42.2 Å². The first-order valence-electron chi connectivity index (χ1n) is 8.22. The van der Waals surface area contributed by atoms with Crippen molar-refractivity contribution in [1.82, 2.24) is 10.2 Å². The average Bonchev–Trinajstić information content (AvgIpc) is 2.74. The van der Waals surface area contributed by atoms with Gasteiger partial charge in [0.05, 0.1) is 5.92 Å². The lowest BCUT2D eigenvalue weighted by Crippen LogP contribution is -2.50. The van der Waals surface area contributed by atoms with Gasteiger partial charge in [0.2, 0.25) is 5.91 Å². The molecule has 1 amide bonds. The highest BCUT2D eigenvalue weighted by atomic mass is 35.5. The molecule has 2 aliphatic heterocycles. The monoisotopic (exact) mass is 356 g/mol. The van der Waals surface area contributed by atoms with Gasteiger partial charge >= 0.3 is 6.18 Å². The second kappa shape index (κ2) is 7.60. The predicted molar refractivity (Wildman–Crippen MR) is 86.6 cm³/mol. The number of halogens is 4.